The molecule has 8 heteroatoms. The SMILES string of the molecule is c1ccc2c(c1)c1ccccc1c1nc3c4nsnc4c4nsnc4c3nc21. The molecule has 0 saturated heterocycles. The van der Waals surface area contributed by atoms with Crippen molar-refractivity contribution in [2.24, 2.45) is 0 Å². The third-order valence-electron chi connectivity index (χ3n) is 5.20. The van der Waals surface area contributed by atoms with Gasteiger partial charge in [-0.05, 0) is 10.8 Å². The quantitative estimate of drug-likeness (QED) is 0.262. The lowest BCUT2D eigenvalue weighted by Crippen LogP contribution is -1.93. The van der Waals surface area contributed by atoms with E-state index in [1.165, 1.54) is 34.2 Å². The van der Waals surface area contributed by atoms with Crippen LogP contribution in [0.5, 0.6) is 0 Å². The van der Waals surface area contributed by atoms with Crippen molar-refractivity contribution in [1.29, 1.82) is 0 Å². The molecule has 0 radical (unpaired) electrons. The van der Waals surface area contributed by atoms with Gasteiger partial charge in [-0.2, -0.15) is 17.5 Å². The maximum absolute atomic E-state index is 5.06. The van der Waals surface area contributed by atoms with Gasteiger partial charge in [0.2, 0.25) is 0 Å². The van der Waals surface area contributed by atoms with E-state index in [0.29, 0.717) is 0 Å². The van der Waals surface area contributed by atoms with Crippen LogP contribution in [0.3, 0.4) is 0 Å². The predicted octanol–water partition coefficient (Wildman–Crippen LogP) is 5.10. The molecule has 0 fully saturated rings. The van der Waals surface area contributed by atoms with Crippen LogP contribution in [0, 0.1) is 0 Å². The van der Waals surface area contributed by atoms with Crippen LogP contribution in [0.25, 0.3) is 65.7 Å². The predicted molar refractivity (Wildman–Crippen MR) is 114 cm³/mol. The molecule has 28 heavy (non-hydrogen) atoms. The Morgan fingerprint density at radius 3 is 1.18 bits per heavy atom. The lowest BCUT2D eigenvalue weighted by molar-refractivity contribution is 1.43. The summed E-state index contributed by atoms with van der Waals surface area (Å²) in [7, 11) is 0. The van der Waals surface area contributed by atoms with E-state index in [9.17, 15) is 0 Å². The van der Waals surface area contributed by atoms with Crippen molar-refractivity contribution in [3.63, 3.8) is 0 Å². The largest absolute Gasteiger partial charge is 0.241 e. The zero-order valence-electron chi connectivity index (χ0n) is 14.1. The third-order valence-corrected chi connectivity index (χ3v) is 6.26. The Kier molecular flexibility index (Phi) is 2.68. The first-order valence-corrected chi connectivity index (χ1v) is 10.1. The van der Waals surface area contributed by atoms with Crippen LogP contribution < -0.4 is 0 Å². The molecule has 0 bridgehead atoms. The summed E-state index contributed by atoms with van der Waals surface area (Å²) >= 11 is 2.33. The lowest BCUT2D eigenvalue weighted by Gasteiger charge is -2.10. The summed E-state index contributed by atoms with van der Waals surface area (Å²) in [6.07, 6.45) is 0. The number of rotatable bonds is 0. The molecule has 0 aliphatic carbocycles. The van der Waals surface area contributed by atoms with Gasteiger partial charge in [0.05, 0.1) is 34.5 Å². The second-order valence-electron chi connectivity index (χ2n) is 6.63. The molecule has 0 unspecified atom stereocenters. The Morgan fingerprint density at radius 2 is 0.750 bits per heavy atom. The molecule has 0 amide bonds. The van der Waals surface area contributed by atoms with Gasteiger partial charge in [0, 0.05) is 10.8 Å². The molecule has 3 heterocycles. The molecule has 0 atom stereocenters. The fourth-order valence-corrected chi connectivity index (χ4v) is 5.09. The summed E-state index contributed by atoms with van der Waals surface area (Å²) in [6, 6.07) is 16.7. The van der Waals surface area contributed by atoms with E-state index in [4.69, 9.17) is 9.97 Å². The van der Waals surface area contributed by atoms with E-state index in [0.717, 1.165) is 54.9 Å². The van der Waals surface area contributed by atoms with E-state index in [-0.39, 0.29) is 0 Å². The number of aromatic nitrogens is 6. The van der Waals surface area contributed by atoms with Crippen molar-refractivity contribution >= 4 is 89.1 Å². The van der Waals surface area contributed by atoms with Gasteiger partial charge in [-0.15, -0.1) is 0 Å². The average molecular weight is 396 g/mol. The fourth-order valence-electron chi connectivity index (χ4n) is 3.99. The van der Waals surface area contributed by atoms with Crippen LogP contribution in [0.15, 0.2) is 48.5 Å². The highest BCUT2D eigenvalue weighted by Gasteiger charge is 2.20. The van der Waals surface area contributed by atoms with Crippen LogP contribution in [0.2, 0.25) is 0 Å². The van der Waals surface area contributed by atoms with E-state index < -0.39 is 0 Å². The maximum Gasteiger partial charge on any atom is 0.136 e. The summed E-state index contributed by atoms with van der Waals surface area (Å²) in [5, 5.41) is 4.50. The molecule has 0 N–H and O–H groups in total. The molecular weight excluding hydrogens is 388 g/mol. The van der Waals surface area contributed by atoms with Crippen molar-refractivity contribution in [2.45, 2.75) is 0 Å². The summed E-state index contributed by atoms with van der Waals surface area (Å²) < 4.78 is 17.8. The second-order valence-corrected chi connectivity index (χ2v) is 7.69. The highest BCUT2D eigenvalue weighted by atomic mass is 32.1. The first-order valence-electron chi connectivity index (χ1n) is 8.67. The minimum absolute atomic E-state index is 0.733. The van der Waals surface area contributed by atoms with Gasteiger partial charge in [-0.3, -0.25) is 0 Å². The van der Waals surface area contributed by atoms with Crippen molar-refractivity contribution in [1.82, 2.24) is 27.5 Å². The number of hydrogen-bond acceptors (Lipinski definition) is 8. The molecule has 0 aliphatic rings. The van der Waals surface area contributed by atoms with E-state index >= 15 is 0 Å². The molecule has 0 spiro atoms. The first-order chi connectivity index (χ1) is 13.9. The molecular formula is C20H8N6S2. The minimum Gasteiger partial charge on any atom is -0.241 e. The molecule has 130 valence electrons. The molecule has 6 nitrogen and oxygen atoms in total. The first kappa shape index (κ1) is 14.7. The fraction of sp³-hybridized carbons (Fsp3) is 0. The topological polar surface area (TPSA) is 77.3 Å². The highest BCUT2D eigenvalue weighted by Crippen LogP contribution is 2.37. The van der Waals surface area contributed by atoms with Gasteiger partial charge in [-0.1, -0.05) is 48.5 Å². The summed E-state index contributed by atoms with van der Waals surface area (Å²) in [6.45, 7) is 0. The molecule has 7 rings (SSSR count). The number of fused-ring (bicyclic) bond motifs is 12. The second kappa shape index (κ2) is 5.12. The van der Waals surface area contributed by atoms with Crippen molar-refractivity contribution < 1.29 is 0 Å². The van der Waals surface area contributed by atoms with Crippen LogP contribution in [-0.2, 0) is 0 Å². The van der Waals surface area contributed by atoms with Gasteiger partial charge in [0.25, 0.3) is 0 Å². The zero-order valence-corrected chi connectivity index (χ0v) is 15.8. The van der Waals surface area contributed by atoms with Crippen LogP contribution in [0.1, 0.15) is 0 Å². The Bertz CT molecular complexity index is 1610. The van der Waals surface area contributed by atoms with E-state index in [2.05, 4.69) is 53.9 Å². The molecule has 0 saturated carbocycles. The molecule has 0 aliphatic heterocycles. The van der Waals surface area contributed by atoms with Crippen LogP contribution in [0.4, 0.5) is 0 Å². The summed E-state index contributed by atoms with van der Waals surface area (Å²) in [5.74, 6) is 0. The maximum atomic E-state index is 5.06. The smallest absolute Gasteiger partial charge is 0.136 e. The van der Waals surface area contributed by atoms with Crippen molar-refractivity contribution in [2.75, 3.05) is 0 Å². The van der Waals surface area contributed by atoms with Crippen LogP contribution >= 0.6 is 23.5 Å². The van der Waals surface area contributed by atoms with Gasteiger partial charge in [-0.25, -0.2) is 9.97 Å². The lowest BCUT2D eigenvalue weighted by atomic mass is 9.99. The van der Waals surface area contributed by atoms with Crippen LogP contribution in [-0.4, -0.2) is 27.5 Å². The standard InChI is InChI=1S/C20H8N6S2/c1-3-7-11-9(5-1)10-6-2-4-8-12(10)14-13(11)21-15-16(22-14)18-20(26-28-24-18)19-17(15)23-27-25-19/h1-8H. The van der Waals surface area contributed by atoms with Gasteiger partial charge in [0.1, 0.15) is 33.1 Å². The normalized spacial score (nSPS) is 12.3. The van der Waals surface area contributed by atoms with Gasteiger partial charge >= 0.3 is 0 Å². The molecule has 4 aromatic carbocycles. The Labute approximate surface area is 165 Å². The van der Waals surface area contributed by atoms with E-state index in [1.807, 2.05) is 12.1 Å². The number of benzene rings is 4. The zero-order chi connectivity index (χ0) is 18.2. The Balaban J connectivity index is 1.87. The minimum atomic E-state index is 0.733. The average Bonchev–Trinajstić information content (AvgIpc) is 3.42. The Hall–Kier alpha value is -3.36. The monoisotopic (exact) mass is 396 g/mol. The Morgan fingerprint density at radius 1 is 0.393 bits per heavy atom. The van der Waals surface area contributed by atoms with Gasteiger partial charge in [0.15, 0.2) is 0 Å². The summed E-state index contributed by atoms with van der Waals surface area (Å²) in [4.78, 5) is 10.1. The highest BCUT2D eigenvalue weighted by molar-refractivity contribution is 7.01. The summed E-state index contributed by atoms with van der Waals surface area (Å²) in [5.41, 5.74) is 6.20. The molecule has 3 aromatic heterocycles. The van der Waals surface area contributed by atoms with Crippen molar-refractivity contribution in [3.8, 4) is 0 Å². The van der Waals surface area contributed by atoms with Gasteiger partial charge < -0.3 is 0 Å². The number of nitrogens with zero attached hydrogens (tertiary/aromatic N) is 6. The molecule has 7 aromatic rings. The van der Waals surface area contributed by atoms with E-state index in [1.54, 1.807) is 0 Å². The number of hydrogen-bond donors (Lipinski definition) is 0. The van der Waals surface area contributed by atoms with Crippen molar-refractivity contribution in [3.05, 3.63) is 48.5 Å². The third kappa shape index (κ3) is 1.71.